The maximum Gasteiger partial charge on any atom is 0.0907 e. The van der Waals surface area contributed by atoms with Gasteiger partial charge in [0.05, 0.1) is 5.82 Å². The average molecular weight is 465 g/mol. The summed E-state index contributed by atoms with van der Waals surface area (Å²) in [6.45, 7) is 0. The number of fused-ring (bicyclic) bond motifs is 2. The predicted octanol–water partition coefficient (Wildman–Crippen LogP) is 4.99. The summed E-state index contributed by atoms with van der Waals surface area (Å²) in [7, 11) is 0. The molecule has 0 atom stereocenters. The molecule has 1 heterocycles. The van der Waals surface area contributed by atoms with E-state index < -0.39 is 0 Å². The van der Waals surface area contributed by atoms with Gasteiger partial charge in [-0.3, -0.25) is 4.98 Å². The fraction of sp³-hybridized carbons (Fsp3) is 0. The van der Waals surface area contributed by atoms with Gasteiger partial charge in [-0.05, 0) is 28.5 Å². The Balaban J connectivity index is 0.00000144. The molecule has 0 saturated carbocycles. The van der Waals surface area contributed by atoms with E-state index in [1.807, 2.05) is 42.5 Å². The molecule has 3 aromatic carbocycles. The summed E-state index contributed by atoms with van der Waals surface area (Å²) >= 11 is 0. The topological polar surface area (TPSA) is 12.9 Å². The first-order chi connectivity index (χ1) is 10.3. The third-order valence-electron chi connectivity index (χ3n) is 3.70. The van der Waals surface area contributed by atoms with Crippen molar-refractivity contribution >= 4 is 21.5 Å². The van der Waals surface area contributed by atoms with E-state index in [1.165, 1.54) is 6.07 Å². The van der Waals surface area contributed by atoms with Gasteiger partial charge in [0.2, 0.25) is 0 Å². The van der Waals surface area contributed by atoms with Gasteiger partial charge < -0.3 is 0 Å². The number of hydrogen-bond donors (Lipinski definition) is 0. The molecule has 4 rings (SSSR count). The molecule has 1 aromatic heterocycles. The molecular weight excluding hydrogens is 453 g/mol. The summed E-state index contributed by atoms with van der Waals surface area (Å²) in [4.78, 5) is 4.43. The van der Waals surface area contributed by atoms with E-state index >= 15 is 0 Å². The van der Waals surface area contributed by atoms with E-state index in [4.69, 9.17) is 0 Å². The maximum absolute atomic E-state index is 14.5. The summed E-state index contributed by atoms with van der Waals surface area (Å²) in [6.07, 6.45) is 1.72. The molecule has 0 spiro atoms. The van der Waals surface area contributed by atoms with Crippen molar-refractivity contribution in [2.75, 3.05) is 0 Å². The molecule has 0 aliphatic carbocycles. The summed E-state index contributed by atoms with van der Waals surface area (Å²) in [5.74, 6) is -0.270. The number of nitrogens with zero attached hydrogens (tertiary/aromatic N) is 1. The second kappa shape index (κ2) is 5.96. The molecule has 22 heavy (non-hydrogen) atoms. The van der Waals surface area contributed by atoms with Crippen LogP contribution in [0.2, 0.25) is 0 Å². The van der Waals surface area contributed by atoms with Crippen molar-refractivity contribution in [3.63, 3.8) is 0 Å². The number of rotatable bonds is 1. The third kappa shape index (κ3) is 2.33. The second-order valence-electron chi connectivity index (χ2n) is 4.94. The Labute approximate surface area is 141 Å². The third-order valence-corrected chi connectivity index (χ3v) is 3.70. The van der Waals surface area contributed by atoms with E-state index in [0.29, 0.717) is 11.3 Å². The van der Waals surface area contributed by atoms with Crippen LogP contribution in [0.25, 0.3) is 32.8 Å². The van der Waals surface area contributed by atoms with Crippen LogP contribution in [0, 0.1) is 11.9 Å². The van der Waals surface area contributed by atoms with Crippen LogP contribution in [-0.2, 0) is 20.1 Å². The van der Waals surface area contributed by atoms with Crippen molar-refractivity contribution in [3.05, 3.63) is 78.7 Å². The number of halogens is 1. The Morgan fingerprint density at radius 1 is 0.864 bits per heavy atom. The number of hydrogen-bond acceptors (Lipinski definition) is 1. The number of benzene rings is 3. The molecule has 0 N–H and O–H groups in total. The zero-order valence-electron chi connectivity index (χ0n) is 11.5. The molecule has 109 valence electrons. The van der Waals surface area contributed by atoms with Gasteiger partial charge in [0.15, 0.2) is 0 Å². The molecule has 1 radical (unpaired) electrons. The Morgan fingerprint density at radius 2 is 1.68 bits per heavy atom. The van der Waals surface area contributed by atoms with Crippen LogP contribution in [0.1, 0.15) is 0 Å². The molecule has 1 nitrogen and oxygen atoms in total. The van der Waals surface area contributed by atoms with Crippen molar-refractivity contribution in [3.8, 4) is 11.3 Å². The van der Waals surface area contributed by atoms with Crippen LogP contribution in [0.3, 0.4) is 0 Å². The van der Waals surface area contributed by atoms with Crippen molar-refractivity contribution in [1.29, 1.82) is 0 Å². The predicted molar refractivity (Wildman–Crippen MR) is 83.5 cm³/mol. The maximum atomic E-state index is 14.5. The first-order valence-electron chi connectivity index (χ1n) is 6.77. The fourth-order valence-electron chi connectivity index (χ4n) is 2.72. The van der Waals surface area contributed by atoms with E-state index in [9.17, 15) is 4.39 Å². The SMILES string of the molecule is Fc1ccc2ccc[c-]c2c1-c1nccc2ccccc12.[Ir]. The Morgan fingerprint density at radius 3 is 2.59 bits per heavy atom. The van der Waals surface area contributed by atoms with Crippen molar-refractivity contribution < 1.29 is 24.5 Å². The van der Waals surface area contributed by atoms with E-state index in [-0.39, 0.29) is 25.9 Å². The van der Waals surface area contributed by atoms with Gasteiger partial charge >= 0.3 is 0 Å². The van der Waals surface area contributed by atoms with E-state index in [1.54, 1.807) is 18.3 Å². The van der Waals surface area contributed by atoms with Crippen LogP contribution in [0.15, 0.2) is 66.9 Å². The zero-order chi connectivity index (χ0) is 14.2. The van der Waals surface area contributed by atoms with Gasteiger partial charge in [-0.25, -0.2) is 4.39 Å². The molecule has 0 fully saturated rings. The average Bonchev–Trinajstić information content (AvgIpc) is 2.54. The minimum Gasteiger partial charge on any atom is -0.266 e. The second-order valence-corrected chi connectivity index (χ2v) is 4.94. The van der Waals surface area contributed by atoms with Crippen LogP contribution in [-0.4, -0.2) is 4.98 Å². The molecule has 4 aromatic rings. The zero-order valence-corrected chi connectivity index (χ0v) is 13.9. The van der Waals surface area contributed by atoms with Crippen LogP contribution < -0.4 is 0 Å². The summed E-state index contributed by atoms with van der Waals surface area (Å²) in [6, 6.07) is 21.9. The monoisotopic (exact) mass is 465 g/mol. The van der Waals surface area contributed by atoms with Gasteiger partial charge in [0, 0.05) is 32.0 Å². The summed E-state index contributed by atoms with van der Waals surface area (Å²) < 4.78 is 14.5. The molecule has 3 heteroatoms. The first kappa shape index (κ1) is 14.8. The van der Waals surface area contributed by atoms with E-state index in [2.05, 4.69) is 11.1 Å². The fourth-order valence-corrected chi connectivity index (χ4v) is 2.72. The van der Waals surface area contributed by atoms with Crippen LogP contribution in [0.5, 0.6) is 0 Å². The molecule has 0 aliphatic heterocycles. The van der Waals surface area contributed by atoms with Crippen molar-refractivity contribution in [1.82, 2.24) is 4.98 Å². The molecule has 0 saturated heterocycles. The molecule has 0 bridgehead atoms. The smallest absolute Gasteiger partial charge is 0.0907 e. The largest absolute Gasteiger partial charge is 0.266 e. The quantitative estimate of drug-likeness (QED) is 0.362. The number of pyridine rings is 1. The standard InChI is InChI=1S/C19H11FN.Ir/c20-17-10-9-13-5-1-3-7-15(13)18(17)19-16-8-4-2-6-14(16)11-12-21-19;/h1-6,8-12H;/q-1;. The van der Waals surface area contributed by atoms with Gasteiger partial charge in [0.25, 0.3) is 0 Å². The van der Waals surface area contributed by atoms with E-state index in [0.717, 1.165) is 21.5 Å². The summed E-state index contributed by atoms with van der Waals surface area (Å²) in [5, 5.41) is 3.73. The first-order valence-corrected chi connectivity index (χ1v) is 6.77. The Hall–Kier alpha value is -2.09. The Kier molecular flexibility index (Phi) is 4.02. The van der Waals surface area contributed by atoms with Gasteiger partial charge in [-0.15, -0.1) is 35.0 Å². The minimum absolute atomic E-state index is 0. The molecule has 0 amide bonds. The molecular formula is C19H11FIrN-. The minimum atomic E-state index is -0.270. The van der Waals surface area contributed by atoms with Crippen LogP contribution in [0.4, 0.5) is 4.39 Å². The summed E-state index contributed by atoms with van der Waals surface area (Å²) in [5.41, 5.74) is 1.18. The number of aromatic nitrogens is 1. The van der Waals surface area contributed by atoms with Gasteiger partial charge in [-0.2, -0.15) is 0 Å². The molecule has 0 unspecified atom stereocenters. The van der Waals surface area contributed by atoms with Gasteiger partial charge in [-0.1, -0.05) is 30.3 Å². The van der Waals surface area contributed by atoms with Gasteiger partial charge in [0.1, 0.15) is 0 Å². The van der Waals surface area contributed by atoms with Crippen molar-refractivity contribution in [2.24, 2.45) is 0 Å². The van der Waals surface area contributed by atoms with Crippen molar-refractivity contribution in [2.45, 2.75) is 0 Å². The normalized spacial score (nSPS) is 10.6. The van der Waals surface area contributed by atoms with Crippen LogP contribution >= 0.6 is 0 Å². The Bertz CT molecular complexity index is 960. The molecule has 0 aliphatic rings.